The first-order valence-corrected chi connectivity index (χ1v) is 17.9. The van der Waals surface area contributed by atoms with Gasteiger partial charge in [-0.15, -0.1) is 0 Å². The average molecular weight is 587 g/mol. The highest BCUT2D eigenvalue weighted by Gasteiger charge is 2.27. The molecule has 3 nitrogen and oxygen atoms in total. The van der Waals surface area contributed by atoms with Crippen molar-refractivity contribution in [2.24, 2.45) is 11.3 Å². The molecule has 0 aliphatic carbocycles. The number of hydrogen-bond donors (Lipinski definition) is 1. The number of phenols is 1. The second-order valence-electron chi connectivity index (χ2n) is 15.1. The molecular formula is C39H70O3. The number of rotatable bonds is 23. The van der Waals surface area contributed by atoms with Crippen LogP contribution in [-0.4, -0.2) is 17.7 Å². The predicted octanol–water partition coefficient (Wildman–Crippen LogP) is 12.0. The number of benzene rings is 1. The fourth-order valence-corrected chi connectivity index (χ4v) is 6.12. The van der Waals surface area contributed by atoms with Gasteiger partial charge in [-0.1, -0.05) is 170 Å². The van der Waals surface area contributed by atoms with E-state index in [1.54, 1.807) is 0 Å². The minimum absolute atomic E-state index is 0.107. The number of hydrogen-bond acceptors (Lipinski definition) is 3. The average Bonchev–Trinajstić information content (AvgIpc) is 2.92. The second kappa shape index (κ2) is 21.2. The quantitative estimate of drug-likeness (QED) is 0.102. The van der Waals surface area contributed by atoms with Crippen molar-refractivity contribution in [3.8, 4) is 5.75 Å². The topological polar surface area (TPSA) is 46.5 Å². The number of ether oxygens (including phenoxy) is 1. The molecule has 244 valence electrons. The summed E-state index contributed by atoms with van der Waals surface area (Å²) in [7, 11) is 0. The molecule has 0 aliphatic heterocycles. The van der Waals surface area contributed by atoms with Gasteiger partial charge >= 0.3 is 5.97 Å². The standard InChI is InChI=1S/C39H70O3/c1-9-11-12-13-14-15-16-17-18-19-20-21-22-23-24-25-28-42-36(40)27-26-32-29-33(31-34(10-2)38(3,4)5)37(41)35(30-32)39(6,7)8/h29-30,34,41H,9-28,31H2,1-8H3. The Morgan fingerprint density at radius 3 is 1.64 bits per heavy atom. The summed E-state index contributed by atoms with van der Waals surface area (Å²) in [6.45, 7) is 18.3. The van der Waals surface area contributed by atoms with Crippen molar-refractivity contribution in [1.29, 1.82) is 0 Å². The molecule has 3 heteroatoms. The highest BCUT2D eigenvalue weighted by molar-refractivity contribution is 5.69. The monoisotopic (exact) mass is 587 g/mol. The summed E-state index contributed by atoms with van der Waals surface area (Å²) in [5.41, 5.74) is 3.12. The lowest BCUT2D eigenvalue weighted by Crippen LogP contribution is -2.22. The van der Waals surface area contributed by atoms with E-state index in [0.717, 1.165) is 42.4 Å². The molecule has 0 saturated heterocycles. The Balaban J connectivity index is 2.28. The van der Waals surface area contributed by atoms with Crippen molar-refractivity contribution in [3.05, 3.63) is 28.8 Å². The molecule has 0 aromatic heterocycles. The van der Waals surface area contributed by atoms with Crippen molar-refractivity contribution >= 4 is 5.97 Å². The predicted molar refractivity (Wildman–Crippen MR) is 183 cm³/mol. The zero-order chi connectivity index (χ0) is 31.4. The minimum Gasteiger partial charge on any atom is -0.507 e. The summed E-state index contributed by atoms with van der Waals surface area (Å²) in [5, 5.41) is 11.2. The lowest BCUT2D eigenvalue weighted by Gasteiger charge is -2.31. The maximum atomic E-state index is 12.5. The van der Waals surface area contributed by atoms with Gasteiger partial charge in [-0.05, 0) is 52.7 Å². The molecule has 0 saturated carbocycles. The van der Waals surface area contributed by atoms with Gasteiger partial charge in [-0.3, -0.25) is 4.79 Å². The van der Waals surface area contributed by atoms with Crippen molar-refractivity contribution < 1.29 is 14.6 Å². The highest BCUT2D eigenvalue weighted by atomic mass is 16.5. The SMILES string of the molecule is CCCCCCCCCCCCCCCCCCOC(=O)CCc1cc(CC(CC)C(C)(C)C)c(O)c(C(C)(C)C)c1. The maximum Gasteiger partial charge on any atom is 0.306 e. The van der Waals surface area contributed by atoms with Crippen molar-refractivity contribution in [1.82, 2.24) is 0 Å². The number of esters is 1. The van der Waals surface area contributed by atoms with E-state index in [4.69, 9.17) is 4.74 Å². The Hall–Kier alpha value is -1.51. The summed E-state index contributed by atoms with van der Waals surface area (Å²) in [6.07, 6.45) is 24.5. The van der Waals surface area contributed by atoms with E-state index < -0.39 is 0 Å². The number of aryl methyl sites for hydroxylation is 1. The lowest BCUT2D eigenvalue weighted by molar-refractivity contribution is -0.143. The molecule has 0 radical (unpaired) electrons. The Bertz CT molecular complexity index is 842. The second-order valence-corrected chi connectivity index (χ2v) is 15.1. The van der Waals surface area contributed by atoms with E-state index in [9.17, 15) is 9.90 Å². The van der Waals surface area contributed by atoms with Crippen LogP contribution >= 0.6 is 0 Å². The third kappa shape index (κ3) is 17.0. The van der Waals surface area contributed by atoms with Crippen LogP contribution in [0.4, 0.5) is 0 Å². The zero-order valence-corrected chi connectivity index (χ0v) is 29.3. The molecule has 1 atom stereocenters. The molecule has 42 heavy (non-hydrogen) atoms. The van der Waals surface area contributed by atoms with Gasteiger partial charge in [0.15, 0.2) is 0 Å². The van der Waals surface area contributed by atoms with Gasteiger partial charge in [0.05, 0.1) is 6.61 Å². The first-order valence-electron chi connectivity index (χ1n) is 17.9. The largest absolute Gasteiger partial charge is 0.507 e. The molecule has 1 N–H and O–H groups in total. The van der Waals surface area contributed by atoms with Crippen molar-refractivity contribution in [2.75, 3.05) is 6.61 Å². The van der Waals surface area contributed by atoms with Gasteiger partial charge in [0, 0.05) is 6.42 Å². The minimum atomic E-state index is -0.161. The van der Waals surface area contributed by atoms with E-state index in [1.807, 2.05) is 0 Å². The van der Waals surface area contributed by atoms with E-state index in [2.05, 4.69) is 67.5 Å². The third-order valence-electron chi connectivity index (χ3n) is 9.12. The van der Waals surface area contributed by atoms with E-state index in [-0.39, 0.29) is 16.8 Å². The van der Waals surface area contributed by atoms with Crippen LogP contribution in [0.3, 0.4) is 0 Å². The Morgan fingerprint density at radius 2 is 1.21 bits per heavy atom. The van der Waals surface area contributed by atoms with Gasteiger partial charge in [0.25, 0.3) is 0 Å². The lowest BCUT2D eigenvalue weighted by atomic mass is 9.74. The van der Waals surface area contributed by atoms with Crippen LogP contribution in [-0.2, 0) is 27.8 Å². The van der Waals surface area contributed by atoms with Gasteiger partial charge in [-0.25, -0.2) is 0 Å². The molecule has 1 aromatic rings. The van der Waals surface area contributed by atoms with Gasteiger partial charge in [-0.2, -0.15) is 0 Å². The molecule has 0 aliphatic rings. The van der Waals surface area contributed by atoms with Crippen LogP contribution in [0.2, 0.25) is 0 Å². The molecule has 1 aromatic carbocycles. The summed E-state index contributed by atoms with van der Waals surface area (Å²) in [6, 6.07) is 4.22. The van der Waals surface area contributed by atoms with Crippen LogP contribution < -0.4 is 0 Å². The highest BCUT2D eigenvalue weighted by Crippen LogP contribution is 2.39. The van der Waals surface area contributed by atoms with Crippen LogP contribution in [0.25, 0.3) is 0 Å². The van der Waals surface area contributed by atoms with Crippen molar-refractivity contribution in [3.63, 3.8) is 0 Å². The van der Waals surface area contributed by atoms with E-state index in [0.29, 0.717) is 31.1 Å². The van der Waals surface area contributed by atoms with Gasteiger partial charge < -0.3 is 9.84 Å². The number of aromatic hydroxyl groups is 1. The van der Waals surface area contributed by atoms with Crippen LogP contribution in [0, 0.1) is 11.3 Å². The fraction of sp³-hybridized carbons (Fsp3) is 0.821. The smallest absolute Gasteiger partial charge is 0.306 e. The van der Waals surface area contributed by atoms with Crippen LogP contribution in [0.5, 0.6) is 5.75 Å². The molecule has 0 heterocycles. The van der Waals surface area contributed by atoms with Gasteiger partial charge in [0.2, 0.25) is 0 Å². The normalized spacial score (nSPS) is 13.0. The number of phenolic OH excluding ortho intramolecular Hbond substituents is 1. The molecule has 0 amide bonds. The molecule has 0 spiro atoms. The van der Waals surface area contributed by atoms with Gasteiger partial charge in [0.1, 0.15) is 5.75 Å². The summed E-state index contributed by atoms with van der Waals surface area (Å²) in [4.78, 5) is 12.5. The first kappa shape index (κ1) is 38.5. The fourth-order valence-electron chi connectivity index (χ4n) is 6.12. The molecular weight excluding hydrogens is 516 g/mol. The van der Waals surface area contributed by atoms with E-state index >= 15 is 0 Å². The first-order chi connectivity index (χ1) is 19.9. The Morgan fingerprint density at radius 1 is 0.738 bits per heavy atom. The third-order valence-corrected chi connectivity index (χ3v) is 9.12. The van der Waals surface area contributed by atoms with Crippen molar-refractivity contribution in [2.45, 2.75) is 189 Å². The summed E-state index contributed by atoms with van der Waals surface area (Å²) in [5.74, 6) is 0.806. The Kier molecular flexibility index (Phi) is 19.5. The van der Waals surface area contributed by atoms with Crippen LogP contribution in [0.1, 0.15) is 188 Å². The summed E-state index contributed by atoms with van der Waals surface area (Å²) < 4.78 is 5.57. The number of carbonyl (C=O) groups excluding carboxylic acids is 1. The Labute approximate surface area is 262 Å². The maximum absolute atomic E-state index is 12.5. The molecule has 0 bridgehead atoms. The summed E-state index contributed by atoms with van der Waals surface area (Å²) >= 11 is 0. The number of unbranched alkanes of at least 4 members (excludes halogenated alkanes) is 15. The van der Waals surface area contributed by atoms with E-state index in [1.165, 1.54) is 89.9 Å². The molecule has 1 unspecified atom stereocenters. The molecule has 0 fully saturated rings. The molecule has 1 rings (SSSR count). The number of carbonyl (C=O) groups is 1. The van der Waals surface area contributed by atoms with Crippen LogP contribution in [0.15, 0.2) is 12.1 Å². The zero-order valence-electron chi connectivity index (χ0n) is 29.3.